The molecule has 12 heavy (non-hydrogen) atoms. The first kappa shape index (κ1) is 7.66. The first-order valence-electron chi connectivity index (χ1n) is 3.35. The van der Waals surface area contributed by atoms with Crippen LogP contribution in [0.3, 0.4) is 0 Å². The SMILES string of the molecule is Ic1cccc(-n2ccnn2)n1. The van der Waals surface area contributed by atoms with Crippen LogP contribution < -0.4 is 0 Å². The standard InChI is InChI=1S/C7H5IN4/c8-6-2-1-3-7(10-6)12-5-4-9-11-12/h1-5H. The normalized spacial score (nSPS) is 10.1. The van der Waals surface area contributed by atoms with Crippen LogP contribution in [0.4, 0.5) is 0 Å². The van der Waals surface area contributed by atoms with Gasteiger partial charge in [-0.1, -0.05) is 11.3 Å². The summed E-state index contributed by atoms with van der Waals surface area (Å²) in [5, 5.41) is 7.53. The molecule has 0 bridgehead atoms. The van der Waals surface area contributed by atoms with Gasteiger partial charge in [-0.05, 0) is 34.7 Å². The molecule has 0 amide bonds. The lowest BCUT2D eigenvalue weighted by Gasteiger charge is -1.97. The number of pyridine rings is 1. The number of hydrogen-bond acceptors (Lipinski definition) is 3. The molecule has 2 rings (SSSR count). The maximum atomic E-state index is 4.26. The van der Waals surface area contributed by atoms with Crippen molar-refractivity contribution in [3.8, 4) is 5.82 Å². The molecule has 0 aliphatic heterocycles. The first-order valence-corrected chi connectivity index (χ1v) is 4.43. The van der Waals surface area contributed by atoms with Gasteiger partial charge in [-0.3, -0.25) is 0 Å². The zero-order valence-electron chi connectivity index (χ0n) is 6.05. The molecule has 5 heteroatoms. The molecular formula is C7H5IN4. The van der Waals surface area contributed by atoms with Crippen molar-refractivity contribution in [3.63, 3.8) is 0 Å². The second-order valence-corrected chi connectivity index (χ2v) is 3.27. The van der Waals surface area contributed by atoms with E-state index in [4.69, 9.17) is 0 Å². The summed E-state index contributed by atoms with van der Waals surface area (Å²) in [6.45, 7) is 0. The predicted molar refractivity (Wildman–Crippen MR) is 51.9 cm³/mol. The fourth-order valence-corrected chi connectivity index (χ4v) is 1.31. The minimum atomic E-state index is 0.791. The zero-order chi connectivity index (χ0) is 8.39. The average molecular weight is 272 g/mol. The maximum Gasteiger partial charge on any atom is 0.156 e. The summed E-state index contributed by atoms with van der Waals surface area (Å²) in [6, 6.07) is 5.75. The van der Waals surface area contributed by atoms with Crippen LogP contribution in [-0.2, 0) is 0 Å². The molecule has 0 aromatic carbocycles. The van der Waals surface area contributed by atoms with Gasteiger partial charge in [-0.25, -0.2) is 9.67 Å². The molecule has 0 spiro atoms. The Kier molecular flexibility index (Phi) is 2.03. The van der Waals surface area contributed by atoms with Crippen molar-refractivity contribution in [1.82, 2.24) is 20.0 Å². The van der Waals surface area contributed by atoms with E-state index in [1.807, 2.05) is 18.2 Å². The molecule has 0 N–H and O–H groups in total. The van der Waals surface area contributed by atoms with E-state index in [2.05, 4.69) is 37.9 Å². The number of halogens is 1. The maximum absolute atomic E-state index is 4.26. The third-order valence-corrected chi connectivity index (χ3v) is 1.96. The van der Waals surface area contributed by atoms with E-state index in [1.165, 1.54) is 0 Å². The second-order valence-electron chi connectivity index (χ2n) is 2.17. The van der Waals surface area contributed by atoms with Gasteiger partial charge in [0.15, 0.2) is 5.82 Å². The van der Waals surface area contributed by atoms with Crippen molar-refractivity contribution >= 4 is 22.6 Å². The molecule has 0 radical (unpaired) electrons. The summed E-state index contributed by atoms with van der Waals surface area (Å²) in [7, 11) is 0. The largest absolute Gasteiger partial charge is 0.223 e. The van der Waals surface area contributed by atoms with Crippen LogP contribution >= 0.6 is 22.6 Å². The number of aromatic nitrogens is 4. The Balaban J connectivity index is 2.48. The van der Waals surface area contributed by atoms with Crippen LogP contribution in [0.5, 0.6) is 0 Å². The molecule has 4 nitrogen and oxygen atoms in total. The average Bonchev–Trinajstić information content (AvgIpc) is 2.56. The topological polar surface area (TPSA) is 43.6 Å². The summed E-state index contributed by atoms with van der Waals surface area (Å²) in [6.07, 6.45) is 3.39. The summed E-state index contributed by atoms with van der Waals surface area (Å²) >= 11 is 2.16. The Bertz CT molecular complexity index is 371. The second kappa shape index (κ2) is 3.18. The Labute approximate surface area is 82.8 Å². The number of nitrogens with zero attached hydrogens (tertiary/aromatic N) is 4. The van der Waals surface area contributed by atoms with E-state index in [9.17, 15) is 0 Å². The van der Waals surface area contributed by atoms with E-state index in [0.29, 0.717) is 0 Å². The summed E-state index contributed by atoms with van der Waals surface area (Å²) < 4.78 is 2.57. The highest BCUT2D eigenvalue weighted by Crippen LogP contribution is 2.04. The molecule has 0 aliphatic rings. The Morgan fingerprint density at radius 3 is 2.92 bits per heavy atom. The Morgan fingerprint density at radius 2 is 2.25 bits per heavy atom. The van der Waals surface area contributed by atoms with Crippen molar-refractivity contribution in [2.24, 2.45) is 0 Å². The van der Waals surface area contributed by atoms with E-state index >= 15 is 0 Å². The molecule has 60 valence electrons. The van der Waals surface area contributed by atoms with Crippen molar-refractivity contribution in [3.05, 3.63) is 34.3 Å². The van der Waals surface area contributed by atoms with Crippen LogP contribution in [0.2, 0.25) is 0 Å². The van der Waals surface area contributed by atoms with Crippen LogP contribution in [0.25, 0.3) is 5.82 Å². The van der Waals surface area contributed by atoms with Gasteiger partial charge < -0.3 is 0 Å². The molecule has 0 aliphatic carbocycles. The fraction of sp³-hybridized carbons (Fsp3) is 0. The van der Waals surface area contributed by atoms with Crippen LogP contribution in [0.1, 0.15) is 0 Å². The van der Waals surface area contributed by atoms with Crippen molar-refractivity contribution in [1.29, 1.82) is 0 Å². The smallest absolute Gasteiger partial charge is 0.156 e. The summed E-state index contributed by atoms with van der Waals surface area (Å²) in [4.78, 5) is 4.26. The van der Waals surface area contributed by atoms with E-state index < -0.39 is 0 Å². The van der Waals surface area contributed by atoms with Crippen molar-refractivity contribution in [2.45, 2.75) is 0 Å². The first-order chi connectivity index (χ1) is 5.86. The minimum Gasteiger partial charge on any atom is -0.223 e. The molecule has 2 aromatic heterocycles. The Morgan fingerprint density at radius 1 is 1.33 bits per heavy atom. The lowest BCUT2D eigenvalue weighted by molar-refractivity contribution is 0.779. The van der Waals surface area contributed by atoms with E-state index in [-0.39, 0.29) is 0 Å². The van der Waals surface area contributed by atoms with Gasteiger partial charge in [-0.2, -0.15) is 0 Å². The lowest BCUT2D eigenvalue weighted by Crippen LogP contribution is -1.98. The number of rotatable bonds is 1. The molecule has 2 aromatic rings. The van der Waals surface area contributed by atoms with Crippen LogP contribution in [0.15, 0.2) is 30.6 Å². The molecule has 0 saturated heterocycles. The van der Waals surface area contributed by atoms with Gasteiger partial charge in [0, 0.05) is 0 Å². The highest BCUT2D eigenvalue weighted by atomic mass is 127. The highest BCUT2D eigenvalue weighted by molar-refractivity contribution is 14.1. The van der Waals surface area contributed by atoms with Gasteiger partial charge in [0.1, 0.15) is 3.70 Å². The predicted octanol–water partition coefficient (Wildman–Crippen LogP) is 1.27. The van der Waals surface area contributed by atoms with Crippen molar-refractivity contribution < 1.29 is 0 Å². The van der Waals surface area contributed by atoms with Crippen molar-refractivity contribution in [2.75, 3.05) is 0 Å². The fourth-order valence-electron chi connectivity index (χ4n) is 0.856. The highest BCUT2D eigenvalue weighted by Gasteiger charge is 1.97. The van der Waals surface area contributed by atoms with E-state index in [0.717, 1.165) is 9.52 Å². The van der Waals surface area contributed by atoms with Gasteiger partial charge in [0.2, 0.25) is 0 Å². The van der Waals surface area contributed by atoms with Crippen LogP contribution in [-0.4, -0.2) is 20.0 Å². The molecule has 0 unspecified atom stereocenters. The third kappa shape index (κ3) is 1.45. The molecule has 0 saturated carbocycles. The van der Waals surface area contributed by atoms with Gasteiger partial charge in [0.25, 0.3) is 0 Å². The molecule has 0 fully saturated rings. The van der Waals surface area contributed by atoms with Crippen LogP contribution in [0, 0.1) is 3.70 Å². The quantitative estimate of drug-likeness (QED) is 0.580. The minimum absolute atomic E-state index is 0.791. The zero-order valence-corrected chi connectivity index (χ0v) is 8.21. The third-order valence-electron chi connectivity index (χ3n) is 1.36. The lowest BCUT2D eigenvalue weighted by atomic mass is 10.5. The van der Waals surface area contributed by atoms with Gasteiger partial charge in [-0.15, -0.1) is 5.10 Å². The molecule has 2 heterocycles. The summed E-state index contributed by atoms with van der Waals surface area (Å²) in [5.41, 5.74) is 0. The molecule has 0 atom stereocenters. The monoisotopic (exact) mass is 272 g/mol. The van der Waals surface area contributed by atoms with Gasteiger partial charge in [0.05, 0.1) is 12.4 Å². The molecular weight excluding hydrogens is 267 g/mol. The van der Waals surface area contributed by atoms with E-state index in [1.54, 1.807) is 17.1 Å². The number of hydrogen-bond donors (Lipinski definition) is 0. The van der Waals surface area contributed by atoms with Gasteiger partial charge >= 0.3 is 0 Å². The summed E-state index contributed by atoms with van der Waals surface area (Å²) in [5.74, 6) is 0.791. The Hall–Kier alpha value is -0.980.